The molecule has 4 N–H and O–H groups in total. The second kappa shape index (κ2) is 26.8. The lowest BCUT2D eigenvalue weighted by Crippen LogP contribution is -1.99. The number of carboxylic acid groups (broad SMARTS) is 1. The zero-order chi connectivity index (χ0) is 58.4. The molecule has 0 aliphatic carbocycles. The summed E-state index contributed by atoms with van der Waals surface area (Å²) < 4.78 is 44.8. The summed E-state index contributed by atoms with van der Waals surface area (Å²) in [4.78, 5) is 38.5. The highest BCUT2D eigenvalue weighted by molar-refractivity contribution is 14.1. The number of halogens is 5. The van der Waals surface area contributed by atoms with Crippen LogP contribution in [0.2, 0.25) is 0 Å². The van der Waals surface area contributed by atoms with E-state index >= 15 is 0 Å². The van der Waals surface area contributed by atoms with Crippen molar-refractivity contribution in [3.05, 3.63) is 233 Å². The molecule has 0 saturated heterocycles. The first kappa shape index (κ1) is 57.4. The highest BCUT2D eigenvalue weighted by atomic mass is 127. The van der Waals surface area contributed by atoms with Gasteiger partial charge in [0.15, 0.2) is 0 Å². The average Bonchev–Trinajstić information content (AvgIpc) is 4.52. The number of aryl methyl sites for hydroxylation is 2. The maximum absolute atomic E-state index is 13.1. The Hall–Kier alpha value is -10.3. The Morgan fingerprint density at radius 1 is 0.530 bits per heavy atom. The van der Waals surface area contributed by atoms with E-state index in [4.69, 9.17) is 18.3 Å². The van der Waals surface area contributed by atoms with Crippen LogP contribution in [0, 0.1) is 38.0 Å². The van der Waals surface area contributed by atoms with Gasteiger partial charge in [-0.25, -0.2) is 22.9 Å². The number of carboxylic acids is 1. The summed E-state index contributed by atoms with van der Waals surface area (Å²) in [5.41, 5.74) is 11.8. The van der Waals surface area contributed by atoms with Crippen molar-refractivity contribution < 1.29 is 23.1 Å². The van der Waals surface area contributed by atoms with Crippen molar-refractivity contribution in [1.29, 1.82) is 0 Å². The predicted octanol–water partition coefficient (Wildman–Crippen LogP) is 13.7. The van der Waals surface area contributed by atoms with E-state index in [0.717, 1.165) is 51.6 Å². The van der Waals surface area contributed by atoms with E-state index in [1.807, 2.05) is 55.2 Å². The number of aromatic nitrogens is 15. The molecule has 408 valence electrons. The van der Waals surface area contributed by atoms with Gasteiger partial charge in [-0.05, 0) is 177 Å². The predicted molar refractivity (Wildman–Crippen MR) is 330 cm³/mol. The first-order valence-corrected chi connectivity index (χ1v) is 26.6. The molecule has 10 heterocycles. The lowest BCUT2D eigenvalue weighted by Gasteiger charge is -1.95. The van der Waals surface area contributed by atoms with Crippen LogP contribution < -0.4 is 0 Å². The van der Waals surface area contributed by atoms with Crippen molar-refractivity contribution in [2.24, 2.45) is 14.1 Å². The van der Waals surface area contributed by atoms with Gasteiger partial charge in [-0.3, -0.25) is 34.6 Å². The maximum Gasteiger partial charge on any atom is 0.354 e. The quantitative estimate of drug-likeness (QED) is 0.0862. The van der Waals surface area contributed by atoms with Gasteiger partial charge in [0.25, 0.3) is 11.6 Å². The van der Waals surface area contributed by atoms with Gasteiger partial charge < -0.3 is 14.8 Å². The highest BCUT2D eigenvalue weighted by Gasteiger charge is 2.14. The minimum atomic E-state index is -1.10. The van der Waals surface area contributed by atoms with E-state index in [1.165, 1.54) is 42.5 Å². The molecular formula is C59H40F3I2N17O2. The van der Waals surface area contributed by atoms with E-state index in [1.54, 1.807) is 108 Å². The average molecular weight is 1330 g/mol. The van der Waals surface area contributed by atoms with Crippen LogP contribution >= 0.6 is 45.2 Å². The van der Waals surface area contributed by atoms with Gasteiger partial charge in [-0.15, -0.1) is 9.97 Å². The standard InChI is InChI=1S/C16H11FN4.C15H9FN4.C15H10FN3O2.C7H6IN3.C6H4IN3/c1-18-15-9-8-14-16(19-15)13(20-21(14)2)7-6-11-4-3-5-12(17)10-11;1-17-14-8-7-13-15(18-14)12(19-20-13)6-5-10-3-2-4-11(16)9-10;16-10-3-1-2-9(8-10)4-5-11-14-12(19-18-11)6-7-13(17-14)15(20)21;1-11-5-3-2-4-9-6(5)7(8)10-11;7-6-5-4(9-10-6)2-1-3-8-5/h3-10H,2H3;2-9H,(H,19,20);1-8H,(H,18,19)(H,20,21);2-4H,1H3;1-3H,(H,9,10)/b7-6+;6-5+;5-4+;;. The fourth-order valence-electron chi connectivity index (χ4n) is 7.79. The Morgan fingerprint density at radius 3 is 1.57 bits per heavy atom. The lowest BCUT2D eigenvalue weighted by atomic mass is 10.2. The third-order valence-electron chi connectivity index (χ3n) is 11.7. The van der Waals surface area contributed by atoms with Gasteiger partial charge in [-0.1, -0.05) is 67.8 Å². The molecule has 24 heteroatoms. The molecule has 0 unspecified atom stereocenters. The molecule has 3 aromatic carbocycles. The van der Waals surface area contributed by atoms with E-state index in [9.17, 15) is 18.0 Å². The molecule has 0 aliphatic rings. The van der Waals surface area contributed by atoms with Gasteiger partial charge in [0, 0.05) is 26.5 Å². The number of aromatic carboxylic acids is 1. The van der Waals surface area contributed by atoms with Crippen LogP contribution in [-0.2, 0) is 14.1 Å². The summed E-state index contributed by atoms with van der Waals surface area (Å²) in [6, 6.07) is 36.3. The Labute approximate surface area is 496 Å². The zero-order valence-corrected chi connectivity index (χ0v) is 47.6. The number of H-pyrrole nitrogens is 3. The minimum Gasteiger partial charge on any atom is -0.477 e. The van der Waals surface area contributed by atoms with E-state index < -0.39 is 5.97 Å². The fourth-order valence-corrected chi connectivity index (χ4v) is 9.07. The molecule has 10 aromatic heterocycles. The number of nitrogens with one attached hydrogen (secondary N) is 3. The Morgan fingerprint density at radius 2 is 1.02 bits per heavy atom. The second-order valence-electron chi connectivity index (χ2n) is 17.3. The number of hydrogen-bond acceptors (Lipinski definition) is 11. The van der Waals surface area contributed by atoms with Gasteiger partial charge in [0.1, 0.15) is 80.7 Å². The molecule has 0 amide bonds. The zero-order valence-electron chi connectivity index (χ0n) is 43.3. The summed E-state index contributed by atoms with van der Waals surface area (Å²) >= 11 is 4.36. The summed E-state index contributed by atoms with van der Waals surface area (Å²) in [6.07, 6.45) is 13.9. The van der Waals surface area contributed by atoms with Crippen LogP contribution in [0.25, 0.3) is 101 Å². The Bertz CT molecular complexity index is 4630. The third-order valence-corrected chi connectivity index (χ3v) is 13.2. The number of pyridine rings is 5. The highest BCUT2D eigenvalue weighted by Crippen LogP contribution is 2.24. The SMILES string of the molecule is Cn1nc(I)c2ncccc21.Ic1[nH]nc2cccnc12.O=C(O)c1ccc2[nH]nc(/C=C/c3cccc(F)c3)c2n1.[C-]#[N+]c1ccc2[nH]nc(/C=C/c3cccc(F)c3)c2n1.[C-]#[N+]c1ccc2c(n1)c(/C=C/c1cccc(F)c1)nn2C. The first-order chi connectivity index (χ1) is 40.2. The van der Waals surface area contributed by atoms with Crippen LogP contribution in [0.1, 0.15) is 44.3 Å². The first-order valence-electron chi connectivity index (χ1n) is 24.4. The van der Waals surface area contributed by atoms with E-state index in [2.05, 4.69) is 121 Å². The normalized spacial score (nSPS) is 11.0. The van der Waals surface area contributed by atoms with Crippen LogP contribution in [0.3, 0.4) is 0 Å². The summed E-state index contributed by atoms with van der Waals surface area (Å²) in [5, 5.41) is 38.3. The summed E-state index contributed by atoms with van der Waals surface area (Å²) in [6.45, 7) is 14.0. The molecular weight excluding hydrogens is 1290 g/mol. The molecule has 13 rings (SSSR count). The Balaban J connectivity index is 0.000000128. The maximum atomic E-state index is 13.1. The van der Waals surface area contributed by atoms with Gasteiger partial charge in [-0.2, -0.15) is 25.5 Å². The topological polar surface area (TPSA) is 232 Å². The summed E-state index contributed by atoms with van der Waals surface area (Å²) in [5.74, 6) is -1.34. The van der Waals surface area contributed by atoms with Gasteiger partial charge >= 0.3 is 5.97 Å². The van der Waals surface area contributed by atoms with Crippen LogP contribution in [0.15, 0.2) is 146 Å². The minimum absolute atomic E-state index is 0.0516. The number of nitrogens with zero attached hydrogens (tertiary/aromatic N) is 14. The number of benzene rings is 3. The number of aromatic amines is 3. The smallest absolute Gasteiger partial charge is 0.354 e. The molecule has 0 radical (unpaired) electrons. The Kier molecular flexibility index (Phi) is 18.5. The molecule has 0 fully saturated rings. The van der Waals surface area contributed by atoms with Crippen molar-refractivity contribution in [2.75, 3.05) is 0 Å². The molecule has 19 nitrogen and oxygen atoms in total. The number of hydrogen-bond donors (Lipinski definition) is 4. The lowest BCUT2D eigenvalue weighted by molar-refractivity contribution is 0.0691. The second-order valence-corrected chi connectivity index (χ2v) is 19.4. The number of carbonyl (C=O) groups is 1. The number of fused-ring (bicyclic) bond motifs is 5. The monoisotopic (exact) mass is 1330 g/mol. The molecule has 83 heavy (non-hydrogen) atoms. The van der Waals surface area contributed by atoms with Gasteiger partial charge in [0.2, 0.25) is 11.0 Å². The van der Waals surface area contributed by atoms with E-state index in [-0.39, 0.29) is 23.1 Å². The van der Waals surface area contributed by atoms with Crippen molar-refractivity contribution in [3.63, 3.8) is 0 Å². The van der Waals surface area contributed by atoms with Crippen LogP contribution in [-0.4, -0.2) is 86.1 Å². The van der Waals surface area contributed by atoms with Crippen LogP contribution in [0.5, 0.6) is 0 Å². The molecule has 0 aliphatic heterocycles. The molecule has 0 saturated carbocycles. The van der Waals surface area contributed by atoms with Gasteiger partial charge in [0.05, 0.1) is 11.0 Å². The largest absolute Gasteiger partial charge is 0.477 e. The molecule has 0 atom stereocenters. The molecule has 0 spiro atoms. The molecule has 0 bridgehead atoms. The van der Waals surface area contributed by atoms with Crippen molar-refractivity contribution in [1.82, 2.24) is 75.1 Å². The van der Waals surface area contributed by atoms with Crippen molar-refractivity contribution >= 4 is 154 Å². The van der Waals surface area contributed by atoms with Crippen molar-refractivity contribution in [2.45, 2.75) is 0 Å². The van der Waals surface area contributed by atoms with Crippen LogP contribution in [0.4, 0.5) is 24.8 Å². The summed E-state index contributed by atoms with van der Waals surface area (Å²) in [7, 11) is 3.74. The van der Waals surface area contributed by atoms with E-state index in [0.29, 0.717) is 56.3 Å². The van der Waals surface area contributed by atoms with Crippen molar-refractivity contribution in [3.8, 4) is 0 Å². The molecule has 13 aromatic rings. The fraction of sp³-hybridized carbons (Fsp3) is 0.0339. The number of rotatable bonds is 7. The third kappa shape index (κ3) is 14.5.